The highest BCUT2D eigenvalue weighted by molar-refractivity contribution is 6.20. The van der Waals surface area contributed by atoms with E-state index in [1.165, 1.54) is 68.9 Å². The van der Waals surface area contributed by atoms with E-state index in [2.05, 4.69) is 26.0 Å². The maximum Gasteiger partial charge on any atom is 0.189 e. The van der Waals surface area contributed by atoms with Crippen LogP contribution in [0.4, 0.5) is 0 Å². The molecule has 0 atom stereocenters. The normalized spacial score (nSPS) is 13.7. The molecule has 132 valence electrons. The zero-order chi connectivity index (χ0) is 17.2. The first-order chi connectivity index (χ1) is 11.8. The molecular weight excluding hydrogens is 292 g/mol. The molecule has 1 aliphatic rings. The number of Topliss-reactive ketones (excluding diaryl/α,β-unsaturated/α-hetero) is 1. The molecule has 0 heterocycles. The molecule has 0 amide bonds. The van der Waals surface area contributed by atoms with Crippen molar-refractivity contribution in [1.82, 2.24) is 0 Å². The molecule has 1 aliphatic carbocycles. The van der Waals surface area contributed by atoms with Crippen molar-refractivity contribution in [3.8, 4) is 0 Å². The lowest BCUT2D eigenvalue weighted by Crippen LogP contribution is -1.99. The molecule has 0 radical (unpaired) electrons. The molecule has 0 aliphatic heterocycles. The van der Waals surface area contributed by atoms with E-state index in [1.54, 1.807) is 0 Å². The molecule has 0 bridgehead atoms. The maximum atomic E-state index is 12.8. The highest BCUT2D eigenvalue weighted by Gasteiger charge is 2.27. The van der Waals surface area contributed by atoms with Gasteiger partial charge in [-0.3, -0.25) is 4.79 Å². The molecule has 0 saturated carbocycles. The molecule has 0 saturated heterocycles. The van der Waals surface area contributed by atoms with Crippen LogP contribution in [0, 0.1) is 0 Å². The van der Waals surface area contributed by atoms with Gasteiger partial charge in [-0.05, 0) is 36.8 Å². The molecule has 0 fully saturated rings. The Balaban J connectivity index is 2.00. The smallest absolute Gasteiger partial charge is 0.189 e. The van der Waals surface area contributed by atoms with E-state index in [0.29, 0.717) is 5.78 Å². The monoisotopic (exact) mass is 326 g/mol. The predicted molar refractivity (Wildman–Crippen MR) is 104 cm³/mol. The number of fused-ring (bicyclic) bond motifs is 1. The molecule has 1 aromatic rings. The Hall–Kier alpha value is -1.37. The molecule has 1 aromatic carbocycles. The van der Waals surface area contributed by atoms with Gasteiger partial charge in [0, 0.05) is 11.1 Å². The Labute approximate surface area is 148 Å². The lowest BCUT2D eigenvalue weighted by atomic mass is 9.96. The number of benzene rings is 1. The Morgan fingerprint density at radius 1 is 0.625 bits per heavy atom. The summed E-state index contributed by atoms with van der Waals surface area (Å²) in [5.74, 6) is 0.310. The van der Waals surface area contributed by atoms with Crippen molar-refractivity contribution in [2.24, 2.45) is 0 Å². The molecule has 2 rings (SSSR count). The van der Waals surface area contributed by atoms with Crippen molar-refractivity contribution < 1.29 is 4.79 Å². The highest BCUT2D eigenvalue weighted by Crippen LogP contribution is 2.38. The Bertz CT molecular complexity index is 553. The lowest BCUT2D eigenvalue weighted by Gasteiger charge is -2.08. The largest absolute Gasteiger partial charge is 0.289 e. The summed E-state index contributed by atoms with van der Waals surface area (Å²) in [6, 6.07) is 8.24. The fourth-order valence-electron chi connectivity index (χ4n) is 3.77. The molecule has 1 nitrogen and oxygen atoms in total. The summed E-state index contributed by atoms with van der Waals surface area (Å²) in [4.78, 5) is 12.8. The minimum atomic E-state index is 0.310. The third kappa shape index (κ3) is 5.06. The van der Waals surface area contributed by atoms with E-state index in [0.717, 1.165) is 30.4 Å². The zero-order valence-electron chi connectivity index (χ0n) is 15.7. The summed E-state index contributed by atoms with van der Waals surface area (Å²) in [7, 11) is 0. The number of unbranched alkanes of at least 4 members (excludes halogenated alkanes) is 8. The van der Waals surface area contributed by atoms with Gasteiger partial charge >= 0.3 is 0 Å². The van der Waals surface area contributed by atoms with Crippen LogP contribution in [-0.2, 0) is 0 Å². The van der Waals surface area contributed by atoms with Gasteiger partial charge in [-0.2, -0.15) is 0 Å². The van der Waals surface area contributed by atoms with Crippen LogP contribution in [0.25, 0.3) is 5.57 Å². The molecule has 1 heteroatoms. The van der Waals surface area contributed by atoms with Crippen molar-refractivity contribution in [2.75, 3.05) is 0 Å². The number of hydrogen-bond acceptors (Lipinski definition) is 1. The lowest BCUT2D eigenvalue weighted by molar-refractivity contribution is 0.103. The zero-order valence-corrected chi connectivity index (χ0v) is 15.7. The van der Waals surface area contributed by atoms with Gasteiger partial charge < -0.3 is 0 Å². The van der Waals surface area contributed by atoms with Gasteiger partial charge in [0.15, 0.2) is 5.78 Å². The van der Waals surface area contributed by atoms with Crippen LogP contribution >= 0.6 is 0 Å². The van der Waals surface area contributed by atoms with Crippen LogP contribution in [0.3, 0.4) is 0 Å². The summed E-state index contributed by atoms with van der Waals surface area (Å²) >= 11 is 0. The van der Waals surface area contributed by atoms with Gasteiger partial charge in [0.2, 0.25) is 0 Å². The fraction of sp³-hybridized carbons (Fsp3) is 0.609. The first kappa shape index (κ1) is 19.0. The van der Waals surface area contributed by atoms with Gasteiger partial charge in [0.05, 0.1) is 0 Å². The average Bonchev–Trinajstić information content (AvgIpc) is 2.87. The Morgan fingerprint density at radius 3 is 1.71 bits per heavy atom. The second-order valence-electron chi connectivity index (χ2n) is 7.16. The summed E-state index contributed by atoms with van der Waals surface area (Å²) in [5, 5.41) is 0. The molecule has 0 aromatic heterocycles. The average molecular weight is 327 g/mol. The number of hydrogen-bond donors (Lipinski definition) is 0. The second-order valence-corrected chi connectivity index (χ2v) is 7.16. The number of carbonyl (C=O) groups excluding carboxylic acids is 1. The Kier molecular flexibility index (Phi) is 8.28. The van der Waals surface area contributed by atoms with Crippen molar-refractivity contribution >= 4 is 11.4 Å². The van der Waals surface area contributed by atoms with Gasteiger partial charge in [0.25, 0.3) is 0 Å². The molecule has 0 unspecified atom stereocenters. The van der Waals surface area contributed by atoms with Crippen LogP contribution < -0.4 is 0 Å². The standard InChI is InChI=1S/C23H34O/c1-3-5-7-9-11-15-19-20-16-13-14-18-22(20)23(24)21(19)17-12-10-8-6-4-2/h13-14,16,18H,3-12,15,17H2,1-2H3. The second kappa shape index (κ2) is 10.5. The van der Waals surface area contributed by atoms with E-state index in [-0.39, 0.29) is 0 Å². The van der Waals surface area contributed by atoms with Gasteiger partial charge in [-0.15, -0.1) is 0 Å². The minimum Gasteiger partial charge on any atom is -0.289 e. The maximum absolute atomic E-state index is 12.8. The fourth-order valence-corrected chi connectivity index (χ4v) is 3.77. The van der Waals surface area contributed by atoms with Crippen LogP contribution in [0.5, 0.6) is 0 Å². The number of carbonyl (C=O) groups is 1. The van der Waals surface area contributed by atoms with Crippen LogP contribution in [-0.4, -0.2) is 5.78 Å². The summed E-state index contributed by atoms with van der Waals surface area (Å²) in [6.07, 6.45) is 14.8. The Morgan fingerprint density at radius 2 is 1.12 bits per heavy atom. The molecule has 0 N–H and O–H groups in total. The quantitative estimate of drug-likeness (QED) is 0.367. The van der Waals surface area contributed by atoms with E-state index in [9.17, 15) is 4.79 Å². The van der Waals surface area contributed by atoms with Gasteiger partial charge in [-0.1, -0.05) is 89.5 Å². The number of rotatable bonds is 12. The van der Waals surface area contributed by atoms with Gasteiger partial charge in [0.1, 0.15) is 0 Å². The first-order valence-electron chi connectivity index (χ1n) is 10.2. The predicted octanol–water partition coefficient (Wildman–Crippen LogP) is 7.36. The number of allylic oxidation sites excluding steroid dienone is 2. The molecule has 24 heavy (non-hydrogen) atoms. The van der Waals surface area contributed by atoms with Crippen molar-refractivity contribution in [3.05, 3.63) is 41.0 Å². The topological polar surface area (TPSA) is 17.1 Å². The van der Waals surface area contributed by atoms with Crippen LogP contribution in [0.2, 0.25) is 0 Å². The van der Waals surface area contributed by atoms with Crippen molar-refractivity contribution in [2.45, 2.75) is 90.9 Å². The van der Waals surface area contributed by atoms with Crippen molar-refractivity contribution in [3.63, 3.8) is 0 Å². The van der Waals surface area contributed by atoms with Crippen LogP contribution in [0.1, 0.15) is 107 Å². The summed E-state index contributed by atoms with van der Waals surface area (Å²) in [6.45, 7) is 4.50. The van der Waals surface area contributed by atoms with Crippen molar-refractivity contribution in [1.29, 1.82) is 0 Å². The third-order valence-corrected chi connectivity index (χ3v) is 5.20. The molecular formula is C23H34O. The van der Waals surface area contributed by atoms with E-state index in [1.807, 2.05) is 12.1 Å². The summed E-state index contributed by atoms with van der Waals surface area (Å²) < 4.78 is 0. The minimum absolute atomic E-state index is 0.310. The first-order valence-corrected chi connectivity index (χ1v) is 10.2. The summed E-state index contributed by atoms with van der Waals surface area (Å²) in [5.41, 5.74) is 4.66. The van der Waals surface area contributed by atoms with Crippen LogP contribution in [0.15, 0.2) is 29.8 Å². The molecule has 0 spiro atoms. The third-order valence-electron chi connectivity index (χ3n) is 5.20. The SMILES string of the molecule is CCCCCCCC1=C(CCCCCCC)c2ccccc2C1=O. The van der Waals surface area contributed by atoms with E-state index < -0.39 is 0 Å². The van der Waals surface area contributed by atoms with Gasteiger partial charge in [-0.25, -0.2) is 0 Å². The van der Waals surface area contributed by atoms with E-state index in [4.69, 9.17) is 0 Å². The number of ketones is 1. The van der Waals surface area contributed by atoms with E-state index >= 15 is 0 Å². The highest BCUT2D eigenvalue weighted by atomic mass is 16.1.